The average molecular weight is 289 g/mol. The molecule has 0 aliphatic rings. The van der Waals surface area contributed by atoms with E-state index in [1.54, 1.807) is 13.0 Å². The van der Waals surface area contributed by atoms with Crippen LogP contribution in [0.5, 0.6) is 0 Å². The number of aryl methyl sites for hydroxylation is 1. The fourth-order valence-electron chi connectivity index (χ4n) is 1.44. The summed E-state index contributed by atoms with van der Waals surface area (Å²) in [5.74, 6) is -1.38. The Morgan fingerprint density at radius 3 is 2.74 bits per heavy atom. The van der Waals surface area contributed by atoms with E-state index in [2.05, 4.69) is 9.46 Å². The fourth-order valence-corrected chi connectivity index (χ4v) is 2.56. The summed E-state index contributed by atoms with van der Waals surface area (Å²) in [7, 11) is -2.44. The highest BCUT2D eigenvalue weighted by Crippen LogP contribution is 2.17. The van der Waals surface area contributed by atoms with Crippen molar-refractivity contribution in [2.45, 2.75) is 19.8 Å². The van der Waals surface area contributed by atoms with Gasteiger partial charge in [0.05, 0.1) is 18.6 Å². The van der Waals surface area contributed by atoms with Crippen molar-refractivity contribution in [1.82, 2.24) is 0 Å². The van der Waals surface area contributed by atoms with Crippen molar-refractivity contribution in [2.24, 2.45) is 0 Å². The van der Waals surface area contributed by atoms with Crippen molar-refractivity contribution in [3.63, 3.8) is 0 Å². The second-order valence-electron chi connectivity index (χ2n) is 4.08. The van der Waals surface area contributed by atoms with Crippen LogP contribution in [0.2, 0.25) is 0 Å². The maximum absolute atomic E-state index is 13.4. The van der Waals surface area contributed by atoms with E-state index in [4.69, 9.17) is 0 Å². The third-order valence-corrected chi connectivity index (χ3v) is 3.77. The standard InChI is InChI=1S/C12H16FNO4S/c1-9-5-6-10(13)11(8-9)14-19(16,17)7-3-4-12(15)18-2/h5-6,8,14H,3-4,7H2,1-2H3. The number of methoxy groups -OCH3 is 1. The number of nitrogens with one attached hydrogen (secondary N) is 1. The normalized spacial score (nSPS) is 11.1. The highest BCUT2D eigenvalue weighted by atomic mass is 32.2. The van der Waals surface area contributed by atoms with Crippen molar-refractivity contribution in [3.05, 3.63) is 29.6 Å². The molecule has 0 amide bonds. The Bertz CT molecular complexity index is 557. The minimum Gasteiger partial charge on any atom is -0.469 e. The van der Waals surface area contributed by atoms with Crippen LogP contribution in [-0.2, 0) is 19.6 Å². The first-order chi connectivity index (χ1) is 8.84. The number of benzene rings is 1. The SMILES string of the molecule is COC(=O)CCCS(=O)(=O)Nc1cc(C)ccc1F. The lowest BCUT2D eigenvalue weighted by atomic mass is 10.2. The summed E-state index contributed by atoms with van der Waals surface area (Å²) in [6, 6.07) is 4.15. The van der Waals surface area contributed by atoms with E-state index in [0.717, 1.165) is 5.56 Å². The van der Waals surface area contributed by atoms with Gasteiger partial charge in [-0.25, -0.2) is 12.8 Å². The summed E-state index contributed by atoms with van der Waals surface area (Å²) < 4.78 is 43.4. The van der Waals surface area contributed by atoms with Gasteiger partial charge < -0.3 is 4.74 Å². The summed E-state index contributed by atoms with van der Waals surface area (Å²) in [5.41, 5.74) is 0.659. The number of sulfonamides is 1. The molecule has 106 valence electrons. The summed E-state index contributed by atoms with van der Waals surface area (Å²) in [5, 5.41) is 0. The monoisotopic (exact) mass is 289 g/mol. The van der Waals surface area contributed by atoms with Crippen LogP contribution < -0.4 is 4.72 Å². The van der Waals surface area contributed by atoms with E-state index >= 15 is 0 Å². The molecule has 0 fully saturated rings. The molecule has 0 unspecified atom stereocenters. The molecule has 1 rings (SSSR count). The smallest absolute Gasteiger partial charge is 0.305 e. The molecule has 1 aromatic rings. The largest absolute Gasteiger partial charge is 0.469 e. The Balaban J connectivity index is 2.64. The van der Waals surface area contributed by atoms with Gasteiger partial charge in [-0.05, 0) is 31.0 Å². The third kappa shape index (κ3) is 5.25. The zero-order valence-electron chi connectivity index (χ0n) is 10.8. The van der Waals surface area contributed by atoms with Crippen LogP contribution in [0.1, 0.15) is 18.4 Å². The number of carbonyl (C=O) groups excluding carboxylic acids is 1. The van der Waals surface area contributed by atoms with Crippen molar-refractivity contribution >= 4 is 21.7 Å². The topological polar surface area (TPSA) is 72.5 Å². The van der Waals surface area contributed by atoms with E-state index in [0.29, 0.717) is 0 Å². The van der Waals surface area contributed by atoms with Crippen LogP contribution in [0.25, 0.3) is 0 Å². The van der Waals surface area contributed by atoms with Crippen LogP contribution in [0.4, 0.5) is 10.1 Å². The first-order valence-electron chi connectivity index (χ1n) is 5.67. The van der Waals surface area contributed by atoms with Gasteiger partial charge in [-0.1, -0.05) is 6.07 Å². The molecule has 0 radical (unpaired) electrons. The minimum absolute atomic E-state index is 0.00765. The van der Waals surface area contributed by atoms with Gasteiger partial charge in [0.2, 0.25) is 10.0 Å². The summed E-state index contributed by atoms with van der Waals surface area (Å²) in [6.45, 7) is 1.73. The molecule has 0 aliphatic carbocycles. The van der Waals surface area contributed by atoms with Gasteiger partial charge in [0, 0.05) is 6.42 Å². The molecular weight excluding hydrogens is 273 g/mol. The lowest BCUT2D eigenvalue weighted by molar-refractivity contribution is -0.140. The number of hydrogen-bond acceptors (Lipinski definition) is 4. The maximum Gasteiger partial charge on any atom is 0.305 e. The molecule has 19 heavy (non-hydrogen) atoms. The Hall–Kier alpha value is -1.63. The molecule has 0 aliphatic heterocycles. The molecule has 7 heteroatoms. The van der Waals surface area contributed by atoms with Gasteiger partial charge in [-0.3, -0.25) is 9.52 Å². The highest BCUT2D eigenvalue weighted by Gasteiger charge is 2.14. The lowest BCUT2D eigenvalue weighted by Gasteiger charge is -2.09. The predicted octanol–water partition coefficient (Wildman–Crippen LogP) is 1.83. The Morgan fingerprint density at radius 1 is 1.42 bits per heavy atom. The van der Waals surface area contributed by atoms with Crippen molar-refractivity contribution < 1.29 is 22.3 Å². The van der Waals surface area contributed by atoms with Crippen molar-refractivity contribution in [2.75, 3.05) is 17.6 Å². The maximum atomic E-state index is 13.4. The Morgan fingerprint density at radius 2 is 2.11 bits per heavy atom. The second-order valence-corrected chi connectivity index (χ2v) is 5.93. The zero-order chi connectivity index (χ0) is 14.5. The highest BCUT2D eigenvalue weighted by molar-refractivity contribution is 7.92. The number of hydrogen-bond donors (Lipinski definition) is 1. The average Bonchev–Trinajstić information content (AvgIpc) is 2.33. The van der Waals surface area contributed by atoms with Gasteiger partial charge >= 0.3 is 5.97 Å². The molecule has 1 aromatic carbocycles. The number of rotatable bonds is 6. The number of carbonyl (C=O) groups is 1. The zero-order valence-corrected chi connectivity index (χ0v) is 11.6. The van der Waals surface area contributed by atoms with Crippen LogP contribution >= 0.6 is 0 Å². The molecule has 5 nitrogen and oxygen atoms in total. The van der Waals surface area contributed by atoms with E-state index in [-0.39, 0.29) is 24.3 Å². The van der Waals surface area contributed by atoms with Gasteiger partial charge in [0.25, 0.3) is 0 Å². The summed E-state index contributed by atoms with van der Waals surface area (Å²) >= 11 is 0. The van der Waals surface area contributed by atoms with E-state index in [1.807, 2.05) is 0 Å². The van der Waals surface area contributed by atoms with Crippen LogP contribution in [-0.4, -0.2) is 27.2 Å². The van der Waals surface area contributed by atoms with Crippen LogP contribution in [0.15, 0.2) is 18.2 Å². The second kappa shape index (κ2) is 6.51. The molecule has 0 atom stereocenters. The third-order valence-electron chi connectivity index (χ3n) is 2.41. The molecular formula is C12H16FNO4S. The number of esters is 1. The van der Waals surface area contributed by atoms with Crippen molar-refractivity contribution in [1.29, 1.82) is 0 Å². The van der Waals surface area contributed by atoms with E-state index < -0.39 is 21.8 Å². The Kier molecular flexibility index (Phi) is 5.29. The fraction of sp³-hybridized carbons (Fsp3) is 0.417. The minimum atomic E-state index is -3.68. The van der Waals surface area contributed by atoms with Gasteiger partial charge in [0.15, 0.2) is 0 Å². The first-order valence-corrected chi connectivity index (χ1v) is 7.33. The van der Waals surface area contributed by atoms with E-state index in [1.165, 1.54) is 19.2 Å². The molecule has 0 aromatic heterocycles. The first kappa shape index (κ1) is 15.4. The lowest BCUT2D eigenvalue weighted by Crippen LogP contribution is -2.18. The number of ether oxygens (including phenoxy) is 1. The molecule has 0 bridgehead atoms. The molecule has 0 saturated heterocycles. The summed E-state index contributed by atoms with van der Waals surface area (Å²) in [4.78, 5) is 10.9. The van der Waals surface area contributed by atoms with Gasteiger partial charge in [-0.15, -0.1) is 0 Å². The number of halogens is 1. The van der Waals surface area contributed by atoms with Crippen LogP contribution in [0, 0.1) is 12.7 Å². The molecule has 0 spiro atoms. The van der Waals surface area contributed by atoms with Gasteiger partial charge in [-0.2, -0.15) is 0 Å². The number of anilines is 1. The van der Waals surface area contributed by atoms with Gasteiger partial charge in [0.1, 0.15) is 5.82 Å². The Labute approximate surface area is 111 Å². The molecule has 0 saturated carbocycles. The van der Waals surface area contributed by atoms with Crippen molar-refractivity contribution in [3.8, 4) is 0 Å². The van der Waals surface area contributed by atoms with E-state index in [9.17, 15) is 17.6 Å². The molecule has 1 N–H and O–H groups in total. The summed E-state index contributed by atoms with van der Waals surface area (Å²) in [6.07, 6.45) is 0.128. The predicted molar refractivity (Wildman–Crippen MR) is 69.8 cm³/mol. The molecule has 0 heterocycles. The van der Waals surface area contributed by atoms with Crippen LogP contribution in [0.3, 0.4) is 0 Å². The quantitative estimate of drug-likeness (QED) is 0.811.